The molecule has 0 bridgehead atoms. The van der Waals surface area contributed by atoms with Gasteiger partial charge < -0.3 is 10.1 Å². The fourth-order valence-corrected chi connectivity index (χ4v) is 4.20. The molecule has 0 saturated carbocycles. The van der Waals surface area contributed by atoms with E-state index in [-0.39, 0.29) is 23.4 Å². The van der Waals surface area contributed by atoms with E-state index in [0.717, 1.165) is 28.6 Å². The monoisotopic (exact) mass is 387 g/mol. The SMILES string of the molecule is COc1ccc(CCNC(=O)C[C@H]2CSc3nc(C(C)C)cc(=O)n32)cc1. The van der Waals surface area contributed by atoms with Gasteiger partial charge in [-0.1, -0.05) is 37.7 Å². The van der Waals surface area contributed by atoms with Gasteiger partial charge in [0.15, 0.2) is 5.16 Å². The summed E-state index contributed by atoms with van der Waals surface area (Å²) in [6.07, 6.45) is 1.05. The standard InChI is InChI=1S/C20H25N3O3S/c1-13(2)17-11-19(25)23-15(12-27-20(23)22-17)10-18(24)21-9-8-14-4-6-16(26-3)7-5-14/h4-7,11,13,15H,8-10,12H2,1-3H3,(H,21,24)/t15-/m0/s1. The molecule has 1 aromatic carbocycles. The van der Waals surface area contributed by atoms with Crippen molar-refractivity contribution in [2.45, 2.75) is 43.8 Å². The summed E-state index contributed by atoms with van der Waals surface area (Å²) in [5, 5.41) is 3.68. The van der Waals surface area contributed by atoms with Crippen molar-refractivity contribution in [1.29, 1.82) is 0 Å². The number of hydrogen-bond acceptors (Lipinski definition) is 5. The van der Waals surface area contributed by atoms with Gasteiger partial charge in [0.1, 0.15) is 5.75 Å². The van der Waals surface area contributed by atoms with E-state index in [1.165, 1.54) is 0 Å². The van der Waals surface area contributed by atoms with Crippen LogP contribution in [-0.2, 0) is 11.2 Å². The van der Waals surface area contributed by atoms with Crippen LogP contribution in [0.5, 0.6) is 5.75 Å². The van der Waals surface area contributed by atoms with Crippen molar-refractivity contribution in [3.63, 3.8) is 0 Å². The average molecular weight is 388 g/mol. The number of amides is 1. The first-order valence-electron chi connectivity index (χ1n) is 9.14. The van der Waals surface area contributed by atoms with Gasteiger partial charge in [0, 0.05) is 24.8 Å². The Morgan fingerprint density at radius 1 is 1.37 bits per heavy atom. The number of nitrogens with one attached hydrogen (secondary N) is 1. The molecule has 1 N–H and O–H groups in total. The van der Waals surface area contributed by atoms with Crippen molar-refractivity contribution in [1.82, 2.24) is 14.9 Å². The lowest BCUT2D eigenvalue weighted by atomic mass is 10.1. The van der Waals surface area contributed by atoms with Gasteiger partial charge in [-0.3, -0.25) is 14.2 Å². The van der Waals surface area contributed by atoms with E-state index in [0.29, 0.717) is 18.7 Å². The fraction of sp³-hybridized carbons (Fsp3) is 0.450. The van der Waals surface area contributed by atoms with Gasteiger partial charge in [-0.15, -0.1) is 0 Å². The normalized spacial score (nSPS) is 15.6. The van der Waals surface area contributed by atoms with E-state index in [2.05, 4.69) is 10.3 Å². The fourth-order valence-electron chi connectivity index (χ4n) is 3.04. The summed E-state index contributed by atoms with van der Waals surface area (Å²) in [5.41, 5.74) is 1.88. The second kappa shape index (κ2) is 8.61. The summed E-state index contributed by atoms with van der Waals surface area (Å²) >= 11 is 1.55. The van der Waals surface area contributed by atoms with Crippen LogP contribution < -0.4 is 15.6 Å². The Morgan fingerprint density at radius 2 is 2.11 bits per heavy atom. The Hall–Kier alpha value is -2.28. The summed E-state index contributed by atoms with van der Waals surface area (Å²) in [6.45, 7) is 4.61. The molecule has 0 unspecified atom stereocenters. The van der Waals surface area contributed by atoms with Crippen molar-refractivity contribution >= 4 is 17.7 Å². The van der Waals surface area contributed by atoms with Gasteiger partial charge in [-0.05, 0) is 30.0 Å². The summed E-state index contributed by atoms with van der Waals surface area (Å²) in [7, 11) is 1.64. The number of fused-ring (bicyclic) bond motifs is 1. The lowest BCUT2D eigenvalue weighted by molar-refractivity contribution is -0.121. The highest BCUT2D eigenvalue weighted by Crippen LogP contribution is 2.32. The smallest absolute Gasteiger partial charge is 0.254 e. The number of methoxy groups -OCH3 is 1. The average Bonchev–Trinajstić information content (AvgIpc) is 3.05. The maximum Gasteiger partial charge on any atom is 0.254 e. The van der Waals surface area contributed by atoms with Crippen LogP contribution in [0.1, 0.15) is 43.5 Å². The maximum absolute atomic E-state index is 12.4. The molecule has 1 aliphatic rings. The Morgan fingerprint density at radius 3 is 2.78 bits per heavy atom. The molecule has 2 aromatic rings. The van der Waals surface area contributed by atoms with Gasteiger partial charge in [0.25, 0.3) is 5.56 Å². The zero-order valence-corrected chi connectivity index (χ0v) is 16.7. The number of aromatic nitrogens is 2. The molecule has 0 radical (unpaired) electrons. The van der Waals surface area contributed by atoms with Crippen LogP contribution in [0.15, 0.2) is 40.3 Å². The highest BCUT2D eigenvalue weighted by atomic mass is 32.2. The van der Waals surface area contributed by atoms with Gasteiger partial charge in [0.2, 0.25) is 5.91 Å². The third kappa shape index (κ3) is 4.71. The summed E-state index contributed by atoms with van der Waals surface area (Å²) < 4.78 is 6.81. The number of carbonyl (C=O) groups is 1. The molecular weight excluding hydrogens is 362 g/mol. The number of nitrogens with zero attached hydrogens (tertiary/aromatic N) is 2. The quantitative estimate of drug-likeness (QED) is 0.740. The molecule has 7 heteroatoms. The molecule has 0 saturated heterocycles. The summed E-state index contributed by atoms with van der Waals surface area (Å²) in [6, 6.07) is 9.27. The van der Waals surface area contributed by atoms with Gasteiger partial charge in [0.05, 0.1) is 18.8 Å². The minimum atomic E-state index is -0.132. The molecule has 0 fully saturated rings. The molecule has 1 aromatic heterocycles. The molecule has 0 spiro atoms. The van der Waals surface area contributed by atoms with E-state index in [4.69, 9.17) is 4.74 Å². The third-order valence-electron chi connectivity index (χ3n) is 4.62. The lowest BCUT2D eigenvalue weighted by Crippen LogP contribution is -2.31. The van der Waals surface area contributed by atoms with Crippen LogP contribution in [0.25, 0.3) is 0 Å². The number of rotatable bonds is 7. The minimum Gasteiger partial charge on any atom is -0.497 e. The van der Waals surface area contributed by atoms with Crippen molar-refractivity contribution in [2.24, 2.45) is 0 Å². The van der Waals surface area contributed by atoms with Crippen LogP contribution in [0, 0.1) is 0 Å². The molecule has 0 aliphatic carbocycles. The number of carbonyl (C=O) groups excluding carboxylic acids is 1. The van der Waals surface area contributed by atoms with Crippen molar-refractivity contribution < 1.29 is 9.53 Å². The van der Waals surface area contributed by atoms with Gasteiger partial charge in [-0.2, -0.15) is 0 Å². The zero-order valence-electron chi connectivity index (χ0n) is 15.9. The maximum atomic E-state index is 12.4. The number of ether oxygens (including phenoxy) is 1. The van der Waals surface area contributed by atoms with Crippen LogP contribution in [-0.4, -0.2) is 34.9 Å². The zero-order chi connectivity index (χ0) is 19.4. The van der Waals surface area contributed by atoms with E-state index in [1.54, 1.807) is 29.5 Å². The van der Waals surface area contributed by atoms with Crippen LogP contribution in [0.4, 0.5) is 0 Å². The Balaban J connectivity index is 1.54. The Labute approximate surface area is 163 Å². The van der Waals surface area contributed by atoms with Crippen molar-refractivity contribution in [2.75, 3.05) is 19.4 Å². The van der Waals surface area contributed by atoms with Crippen LogP contribution in [0.3, 0.4) is 0 Å². The van der Waals surface area contributed by atoms with Gasteiger partial charge >= 0.3 is 0 Å². The first-order chi connectivity index (χ1) is 13.0. The first-order valence-corrected chi connectivity index (χ1v) is 10.1. The van der Waals surface area contributed by atoms with E-state index in [1.807, 2.05) is 38.1 Å². The van der Waals surface area contributed by atoms with Crippen LogP contribution in [0.2, 0.25) is 0 Å². The van der Waals surface area contributed by atoms with Crippen molar-refractivity contribution in [3.8, 4) is 5.75 Å². The van der Waals surface area contributed by atoms with Crippen molar-refractivity contribution in [3.05, 3.63) is 51.9 Å². The summed E-state index contributed by atoms with van der Waals surface area (Å²) in [4.78, 5) is 29.3. The summed E-state index contributed by atoms with van der Waals surface area (Å²) in [5.74, 6) is 1.70. The molecular formula is C20H25N3O3S. The van der Waals surface area contributed by atoms with E-state index in [9.17, 15) is 9.59 Å². The lowest BCUT2D eigenvalue weighted by Gasteiger charge is -2.14. The number of hydrogen-bond donors (Lipinski definition) is 1. The topological polar surface area (TPSA) is 73.2 Å². The molecule has 3 rings (SSSR count). The number of benzene rings is 1. The molecule has 1 atom stereocenters. The molecule has 6 nitrogen and oxygen atoms in total. The second-order valence-electron chi connectivity index (χ2n) is 6.94. The highest BCUT2D eigenvalue weighted by Gasteiger charge is 2.27. The highest BCUT2D eigenvalue weighted by molar-refractivity contribution is 7.99. The Bertz CT molecular complexity index is 862. The predicted octanol–water partition coefficient (Wildman–Crippen LogP) is 2.77. The molecule has 1 aliphatic heterocycles. The Kier molecular flexibility index (Phi) is 6.21. The number of thioether (sulfide) groups is 1. The van der Waals surface area contributed by atoms with E-state index < -0.39 is 0 Å². The van der Waals surface area contributed by atoms with E-state index >= 15 is 0 Å². The first kappa shape index (κ1) is 19.5. The van der Waals surface area contributed by atoms with Gasteiger partial charge in [-0.25, -0.2) is 4.98 Å². The minimum absolute atomic E-state index is 0.0400. The molecule has 2 heterocycles. The third-order valence-corrected chi connectivity index (χ3v) is 5.71. The van der Waals surface area contributed by atoms with Crippen LogP contribution >= 0.6 is 11.8 Å². The molecule has 144 valence electrons. The predicted molar refractivity (Wildman–Crippen MR) is 107 cm³/mol. The second-order valence-corrected chi connectivity index (χ2v) is 7.93. The molecule has 1 amide bonds. The molecule has 27 heavy (non-hydrogen) atoms. The largest absolute Gasteiger partial charge is 0.497 e.